The van der Waals surface area contributed by atoms with Gasteiger partial charge in [0.25, 0.3) is 0 Å². The number of rotatable bonds is 4. The molecule has 1 aliphatic rings. The van der Waals surface area contributed by atoms with E-state index in [2.05, 4.69) is 15.5 Å². The summed E-state index contributed by atoms with van der Waals surface area (Å²) in [6.45, 7) is 3.56. The van der Waals surface area contributed by atoms with Crippen molar-refractivity contribution in [2.75, 3.05) is 20.2 Å². The summed E-state index contributed by atoms with van der Waals surface area (Å²) in [5.41, 5.74) is 0. The minimum atomic E-state index is -0.137. The average Bonchev–Trinajstić information content (AvgIpc) is 2.75. The minimum absolute atomic E-state index is 0.0640. The van der Waals surface area contributed by atoms with Crippen molar-refractivity contribution in [1.82, 2.24) is 20.4 Å². The molecule has 1 saturated heterocycles. The SMILES string of the molecule is CCNC(=O)N1CCCCC[C@H]1c1nc(COC)no1. The van der Waals surface area contributed by atoms with E-state index in [0.717, 1.165) is 32.2 Å². The molecule has 1 aliphatic heterocycles. The second-order valence-corrected chi connectivity index (χ2v) is 4.88. The number of methoxy groups -OCH3 is 1. The monoisotopic (exact) mass is 282 g/mol. The number of nitrogens with one attached hydrogen (secondary N) is 1. The van der Waals surface area contributed by atoms with Crippen molar-refractivity contribution in [2.45, 2.75) is 45.3 Å². The molecular formula is C13H22N4O3. The molecule has 0 unspecified atom stereocenters. The van der Waals surface area contributed by atoms with Gasteiger partial charge >= 0.3 is 6.03 Å². The highest BCUT2D eigenvalue weighted by molar-refractivity contribution is 5.74. The molecule has 112 valence electrons. The molecule has 1 atom stereocenters. The molecule has 1 N–H and O–H groups in total. The van der Waals surface area contributed by atoms with Gasteiger partial charge in [0, 0.05) is 20.2 Å². The molecule has 0 spiro atoms. The zero-order valence-corrected chi connectivity index (χ0v) is 12.1. The largest absolute Gasteiger partial charge is 0.377 e. The number of carbonyl (C=O) groups is 1. The highest BCUT2D eigenvalue weighted by Crippen LogP contribution is 2.29. The number of aromatic nitrogens is 2. The number of carbonyl (C=O) groups excluding carboxylic acids is 1. The van der Waals surface area contributed by atoms with E-state index in [4.69, 9.17) is 9.26 Å². The quantitative estimate of drug-likeness (QED) is 0.911. The lowest BCUT2D eigenvalue weighted by molar-refractivity contribution is 0.159. The van der Waals surface area contributed by atoms with Gasteiger partial charge in [-0.05, 0) is 19.8 Å². The average molecular weight is 282 g/mol. The van der Waals surface area contributed by atoms with Crippen molar-refractivity contribution < 1.29 is 14.1 Å². The lowest BCUT2D eigenvalue weighted by Crippen LogP contribution is -2.42. The zero-order valence-electron chi connectivity index (χ0n) is 12.1. The van der Waals surface area contributed by atoms with E-state index in [0.29, 0.717) is 24.9 Å². The van der Waals surface area contributed by atoms with Gasteiger partial charge in [-0.1, -0.05) is 18.0 Å². The summed E-state index contributed by atoms with van der Waals surface area (Å²) in [5, 5.41) is 6.73. The number of nitrogens with zero attached hydrogens (tertiary/aromatic N) is 3. The Labute approximate surface area is 118 Å². The van der Waals surface area contributed by atoms with Crippen LogP contribution < -0.4 is 5.32 Å². The number of urea groups is 1. The van der Waals surface area contributed by atoms with Crippen LogP contribution in [0.4, 0.5) is 4.79 Å². The molecule has 1 fully saturated rings. The Morgan fingerprint density at radius 1 is 1.50 bits per heavy atom. The third-order valence-corrected chi connectivity index (χ3v) is 3.38. The van der Waals surface area contributed by atoms with E-state index in [1.807, 2.05) is 6.92 Å². The molecule has 7 nitrogen and oxygen atoms in total. The number of likely N-dealkylation sites (tertiary alicyclic amines) is 1. The molecule has 1 aromatic rings. The fraction of sp³-hybridized carbons (Fsp3) is 0.769. The van der Waals surface area contributed by atoms with Gasteiger partial charge in [-0.25, -0.2) is 4.79 Å². The Hall–Kier alpha value is -1.63. The van der Waals surface area contributed by atoms with Crippen LogP contribution in [-0.4, -0.2) is 41.3 Å². The van der Waals surface area contributed by atoms with E-state index >= 15 is 0 Å². The van der Waals surface area contributed by atoms with Crippen molar-refractivity contribution in [1.29, 1.82) is 0 Å². The molecule has 1 aromatic heterocycles. The normalized spacial score (nSPS) is 19.7. The molecule has 20 heavy (non-hydrogen) atoms. The molecule has 0 aromatic carbocycles. The summed E-state index contributed by atoms with van der Waals surface area (Å²) >= 11 is 0. The maximum Gasteiger partial charge on any atom is 0.318 e. The summed E-state index contributed by atoms with van der Waals surface area (Å²) in [7, 11) is 1.59. The van der Waals surface area contributed by atoms with Crippen LogP contribution in [0.25, 0.3) is 0 Å². The van der Waals surface area contributed by atoms with Crippen LogP contribution in [-0.2, 0) is 11.3 Å². The number of hydrogen-bond donors (Lipinski definition) is 1. The molecule has 2 amide bonds. The molecule has 0 saturated carbocycles. The maximum atomic E-state index is 12.2. The molecular weight excluding hydrogens is 260 g/mol. The first kappa shape index (κ1) is 14.8. The Balaban J connectivity index is 2.16. The van der Waals surface area contributed by atoms with Crippen LogP contribution in [0.2, 0.25) is 0 Å². The fourth-order valence-corrected chi connectivity index (χ4v) is 2.45. The van der Waals surface area contributed by atoms with Gasteiger partial charge in [0.15, 0.2) is 5.82 Å². The second kappa shape index (κ2) is 7.23. The Kier molecular flexibility index (Phi) is 5.34. The topological polar surface area (TPSA) is 80.5 Å². The van der Waals surface area contributed by atoms with Crippen LogP contribution >= 0.6 is 0 Å². The summed E-state index contributed by atoms with van der Waals surface area (Å²) in [6, 6.07) is -0.201. The number of amides is 2. The zero-order chi connectivity index (χ0) is 14.4. The first-order valence-corrected chi connectivity index (χ1v) is 7.12. The van der Waals surface area contributed by atoms with E-state index in [-0.39, 0.29) is 12.1 Å². The third kappa shape index (κ3) is 3.47. The van der Waals surface area contributed by atoms with Gasteiger partial charge in [0.05, 0.1) is 0 Å². The van der Waals surface area contributed by atoms with E-state index in [1.54, 1.807) is 12.0 Å². The molecule has 2 heterocycles. The highest BCUT2D eigenvalue weighted by Gasteiger charge is 2.30. The highest BCUT2D eigenvalue weighted by atomic mass is 16.5. The Morgan fingerprint density at radius 2 is 2.35 bits per heavy atom. The van der Waals surface area contributed by atoms with E-state index in [9.17, 15) is 4.79 Å². The standard InChI is InChI=1S/C13H22N4O3/c1-3-14-13(18)17-8-6-4-5-7-10(17)12-15-11(9-19-2)16-20-12/h10H,3-9H2,1-2H3,(H,14,18)/t10-/m0/s1. The van der Waals surface area contributed by atoms with Crippen LogP contribution in [0.3, 0.4) is 0 Å². The third-order valence-electron chi connectivity index (χ3n) is 3.38. The lowest BCUT2D eigenvalue weighted by Gasteiger charge is -2.27. The van der Waals surface area contributed by atoms with E-state index in [1.165, 1.54) is 0 Å². The van der Waals surface area contributed by atoms with Crippen molar-refractivity contribution in [3.63, 3.8) is 0 Å². The second-order valence-electron chi connectivity index (χ2n) is 4.88. The van der Waals surface area contributed by atoms with Gasteiger partial charge in [-0.2, -0.15) is 4.98 Å². The number of ether oxygens (including phenoxy) is 1. The van der Waals surface area contributed by atoms with Crippen molar-refractivity contribution in [3.05, 3.63) is 11.7 Å². The molecule has 7 heteroatoms. The predicted octanol–water partition coefficient (Wildman–Crippen LogP) is 1.86. The first-order chi connectivity index (χ1) is 9.76. The van der Waals surface area contributed by atoms with Crippen LogP contribution in [0.1, 0.15) is 50.4 Å². The summed E-state index contributed by atoms with van der Waals surface area (Å²) in [4.78, 5) is 18.3. The molecule has 2 rings (SSSR count). The first-order valence-electron chi connectivity index (χ1n) is 7.12. The van der Waals surface area contributed by atoms with Gasteiger partial charge in [0.1, 0.15) is 12.6 Å². The van der Waals surface area contributed by atoms with Gasteiger partial charge in [0.2, 0.25) is 5.89 Å². The molecule has 0 aliphatic carbocycles. The van der Waals surface area contributed by atoms with Crippen LogP contribution in [0, 0.1) is 0 Å². The molecule has 0 bridgehead atoms. The number of hydrogen-bond acceptors (Lipinski definition) is 5. The fourth-order valence-electron chi connectivity index (χ4n) is 2.45. The van der Waals surface area contributed by atoms with Gasteiger partial charge in [-0.3, -0.25) is 0 Å². The van der Waals surface area contributed by atoms with Crippen molar-refractivity contribution in [2.24, 2.45) is 0 Å². The smallest absolute Gasteiger partial charge is 0.318 e. The van der Waals surface area contributed by atoms with E-state index < -0.39 is 0 Å². The maximum absolute atomic E-state index is 12.2. The molecule has 0 radical (unpaired) electrons. The summed E-state index contributed by atoms with van der Waals surface area (Å²) in [5.74, 6) is 1.02. The predicted molar refractivity (Wildman–Crippen MR) is 72.0 cm³/mol. The summed E-state index contributed by atoms with van der Waals surface area (Å²) < 4.78 is 10.3. The Morgan fingerprint density at radius 3 is 3.10 bits per heavy atom. The van der Waals surface area contributed by atoms with Gasteiger partial charge in [-0.15, -0.1) is 0 Å². The van der Waals surface area contributed by atoms with Gasteiger partial charge < -0.3 is 19.5 Å². The lowest BCUT2D eigenvalue weighted by atomic mass is 10.1. The summed E-state index contributed by atoms with van der Waals surface area (Å²) in [6.07, 6.45) is 4.03. The Bertz CT molecular complexity index is 435. The minimum Gasteiger partial charge on any atom is -0.377 e. The van der Waals surface area contributed by atoms with Crippen molar-refractivity contribution in [3.8, 4) is 0 Å². The van der Waals surface area contributed by atoms with Crippen molar-refractivity contribution >= 4 is 6.03 Å². The van der Waals surface area contributed by atoms with Crippen LogP contribution in [0.5, 0.6) is 0 Å². The van der Waals surface area contributed by atoms with Crippen LogP contribution in [0.15, 0.2) is 4.52 Å².